The van der Waals surface area contributed by atoms with Crippen LogP contribution in [0.5, 0.6) is 5.75 Å². The van der Waals surface area contributed by atoms with E-state index in [2.05, 4.69) is 5.32 Å². The third-order valence-electron chi connectivity index (χ3n) is 4.43. The van der Waals surface area contributed by atoms with Gasteiger partial charge >= 0.3 is 0 Å². The first-order valence-electron chi connectivity index (χ1n) is 9.23. The maximum Gasteiger partial charge on any atom is 0.252 e. The van der Waals surface area contributed by atoms with Crippen molar-refractivity contribution in [3.05, 3.63) is 29.8 Å². The number of rotatable bonds is 12. The summed E-state index contributed by atoms with van der Waals surface area (Å²) in [5, 5.41) is 12.8. The number of nitrogens with zero attached hydrogens (tertiary/aromatic N) is 1. The lowest BCUT2D eigenvalue weighted by atomic mass is 9.87. The van der Waals surface area contributed by atoms with Gasteiger partial charge in [-0.05, 0) is 30.5 Å². The van der Waals surface area contributed by atoms with Gasteiger partial charge in [0.05, 0.1) is 19.7 Å². The molecule has 0 unspecified atom stereocenters. The molecule has 1 aromatic rings. The van der Waals surface area contributed by atoms with Crippen LogP contribution in [-0.2, 0) is 9.59 Å². The normalized spacial score (nSPS) is 13.0. The summed E-state index contributed by atoms with van der Waals surface area (Å²) < 4.78 is 5.13. The Morgan fingerprint density at radius 3 is 2.59 bits per heavy atom. The Labute approximate surface area is 160 Å². The van der Waals surface area contributed by atoms with Gasteiger partial charge in [-0.3, -0.25) is 19.6 Å². The summed E-state index contributed by atoms with van der Waals surface area (Å²) in [7, 11) is 1.52. The smallest absolute Gasteiger partial charge is 0.252 e. The van der Waals surface area contributed by atoms with Crippen LogP contribution in [0.4, 0.5) is 0 Å². The van der Waals surface area contributed by atoms with Crippen LogP contribution in [0.3, 0.4) is 0 Å². The topological polar surface area (TPSA) is 95.9 Å². The van der Waals surface area contributed by atoms with Crippen molar-refractivity contribution in [3.8, 4) is 5.75 Å². The number of hydrogen-bond acceptors (Lipinski definition) is 5. The number of ether oxygens (including phenoxy) is 1. The number of amides is 2. The average molecular weight is 378 g/mol. The number of carbonyl (C=O) groups is 3. The monoisotopic (exact) mass is 378 g/mol. The SMILES string of the molecule is CCCC[C@H](CN(O)C=O)C(=O)[C@@H](NC(=O)c1cccc(OC)c1)C(C)C. The molecular weight excluding hydrogens is 348 g/mol. The van der Waals surface area contributed by atoms with E-state index in [1.807, 2.05) is 20.8 Å². The van der Waals surface area contributed by atoms with Crippen LogP contribution < -0.4 is 10.1 Å². The van der Waals surface area contributed by atoms with E-state index in [-0.39, 0.29) is 30.6 Å². The highest BCUT2D eigenvalue weighted by Crippen LogP contribution is 2.18. The lowest BCUT2D eigenvalue weighted by molar-refractivity contribution is -0.154. The molecule has 0 saturated carbocycles. The summed E-state index contributed by atoms with van der Waals surface area (Å²) in [4.78, 5) is 36.4. The van der Waals surface area contributed by atoms with Crippen molar-refractivity contribution < 1.29 is 24.3 Å². The molecule has 27 heavy (non-hydrogen) atoms. The van der Waals surface area contributed by atoms with E-state index in [0.717, 1.165) is 12.8 Å². The van der Waals surface area contributed by atoms with Gasteiger partial charge in [0.25, 0.3) is 5.91 Å². The van der Waals surface area contributed by atoms with E-state index >= 15 is 0 Å². The van der Waals surface area contributed by atoms with Gasteiger partial charge in [0.15, 0.2) is 5.78 Å². The maximum atomic E-state index is 13.0. The molecular formula is C20H30N2O5. The Morgan fingerprint density at radius 2 is 2.04 bits per heavy atom. The number of methoxy groups -OCH3 is 1. The van der Waals surface area contributed by atoms with Gasteiger partial charge in [-0.15, -0.1) is 0 Å². The lowest BCUT2D eigenvalue weighted by Gasteiger charge is -2.27. The van der Waals surface area contributed by atoms with E-state index < -0.39 is 12.0 Å². The Kier molecular flexibility index (Phi) is 9.50. The van der Waals surface area contributed by atoms with Gasteiger partial charge in [-0.25, -0.2) is 5.06 Å². The van der Waals surface area contributed by atoms with Crippen LogP contribution in [-0.4, -0.2) is 48.1 Å². The summed E-state index contributed by atoms with van der Waals surface area (Å²) in [6, 6.07) is 5.98. The first-order valence-corrected chi connectivity index (χ1v) is 9.23. The number of hydrogen-bond donors (Lipinski definition) is 2. The van der Waals surface area contributed by atoms with Crippen molar-refractivity contribution in [1.82, 2.24) is 10.4 Å². The molecule has 7 heteroatoms. The summed E-state index contributed by atoms with van der Waals surface area (Å²) in [6.07, 6.45) is 2.50. The predicted molar refractivity (Wildman–Crippen MR) is 102 cm³/mol. The fourth-order valence-corrected chi connectivity index (χ4v) is 2.85. The second-order valence-electron chi connectivity index (χ2n) is 6.90. The Hall–Kier alpha value is -2.41. The summed E-state index contributed by atoms with van der Waals surface area (Å²) in [5.74, 6) is -0.683. The average Bonchev–Trinajstić information content (AvgIpc) is 2.67. The largest absolute Gasteiger partial charge is 0.497 e. The van der Waals surface area contributed by atoms with E-state index in [1.54, 1.807) is 24.3 Å². The predicted octanol–water partition coefficient (Wildman–Crippen LogP) is 2.67. The number of benzene rings is 1. The van der Waals surface area contributed by atoms with Crippen molar-refractivity contribution in [2.24, 2.45) is 11.8 Å². The van der Waals surface area contributed by atoms with Crippen molar-refractivity contribution in [2.45, 2.75) is 46.1 Å². The molecule has 2 N–H and O–H groups in total. The number of nitrogens with one attached hydrogen (secondary N) is 1. The molecule has 2 amide bonds. The highest BCUT2D eigenvalue weighted by Gasteiger charge is 2.31. The summed E-state index contributed by atoms with van der Waals surface area (Å²) in [5.41, 5.74) is 0.398. The molecule has 0 saturated heterocycles. The quantitative estimate of drug-likeness (QED) is 0.331. The van der Waals surface area contributed by atoms with E-state index in [1.165, 1.54) is 7.11 Å². The van der Waals surface area contributed by atoms with E-state index in [4.69, 9.17) is 4.74 Å². The minimum Gasteiger partial charge on any atom is -0.497 e. The minimum absolute atomic E-state index is 0.0828. The van der Waals surface area contributed by atoms with Gasteiger partial charge in [0.2, 0.25) is 6.41 Å². The molecule has 0 fully saturated rings. The summed E-state index contributed by atoms with van der Waals surface area (Å²) in [6.45, 7) is 5.62. The molecule has 1 rings (SSSR count). The van der Waals surface area contributed by atoms with Crippen LogP contribution in [0, 0.1) is 11.8 Å². The molecule has 2 atom stereocenters. The second kappa shape index (κ2) is 11.3. The van der Waals surface area contributed by atoms with Crippen LogP contribution in [0.2, 0.25) is 0 Å². The van der Waals surface area contributed by atoms with Gasteiger partial charge in [-0.1, -0.05) is 39.7 Å². The molecule has 0 aliphatic heterocycles. The highest BCUT2D eigenvalue weighted by molar-refractivity contribution is 5.98. The van der Waals surface area contributed by atoms with Crippen LogP contribution in [0.25, 0.3) is 0 Å². The summed E-state index contributed by atoms with van der Waals surface area (Å²) >= 11 is 0. The lowest BCUT2D eigenvalue weighted by Crippen LogP contribution is -2.48. The van der Waals surface area contributed by atoms with Crippen molar-refractivity contribution in [3.63, 3.8) is 0 Å². The van der Waals surface area contributed by atoms with Crippen molar-refractivity contribution >= 4 is 18.1 Å². The number of Topliss-reactive ketones (excluding diaryl/α,β-unsaturated/α-hetero) is 1. The molecule has 0 aliphatic carbocycles. The van der Waals surface area contributed by atoms with Gasteiger partial charge in [0.1, 0.15) is 5.75 Å². The standard InChI is InChI=1S/C20H30N2O5/c1-5-6-8-16(12-22(26)13-23)19(24)18(14(2)3)21-20(25)15-9-7-10-17(11-15)27-4/h7,9-11,13-14,16,18,26H,5-6,8,12H2,1-4H3,(H,21,25)/t16-,18+/m1/s1. The molecule has 150 valence electrons. The van der Waals surface area contributed by atoms with Gasteiger partial charge < -0.3 is 10.1 Å². The number of unbranched alkanes of at least 4 members (excludes halogenated alkanes) is 1. The molecule has 0 aromatic heterocycles. The minimum atomic E-state index is -0.717. The Bertz CT molecular complexity index is 633. The Balaban J connectivity index is 2.97. The van der Waals surface area contributed by atoms with Crippen molar-refractivity contribution in [1.29, 1.82) is 0 Å². The third-order valence-corrected chi connectivity index (χ3v) is 4.43. The molecule has 1 aromatic carbocycles. The maximum absolute atomic E-state index is 13.0. The first-order chi connectivity index (χ1) is 12.8. The molecule has 0 bridgehead atoms. The number of ketones is 1. The third kappa shape index (κ3) is 7.02. The number of carbonyl (C=O) groups excluding carboxylic acids is 3. The molecule has 7 nitrogen and oxygen atoms in total. The Morgan fingerprint density at radius 1 is 1.33 bits per heavy atom. The zero-order valence-electron chi connectivity index (χ0n) is 16.5. The van der Waals surface area contributed by atoms with E-state index in [9.17, 15) is 19.6 Å². The fraction of sp³-hybridized carbons (Fsp3) is 0.550. The molecule has 0 heterocycles. The van der Waals surface area contributed by atoms with Crippen molar-refractivity contribution in [2.75, 3.05) is 13.7 Å². The zero-order valence-corrected chi connectivity index (χ0v) is 16.5. The molecule has 0 radical (unpaired) electrons. The second-order valence-corrected chi connectivity index (χ2v) is 6.90. The number of hydroxylamine groups is 2. The van der Waals surface area contributed by atoms with Crippen LogP contribution in [0.15, 0.2) is 24.3 Å². The van der Waals surface area contributed by atoms with Gasteiger partial charge in [-0.2, -0.15) is 0 Å². The molecule has 0 spiro atoms. The van der Waals surface area contributed by atoms with E-state index in [0.29, 0.717) is 22.8 Å². The van der Waals surface area contributed by atoms with Gasteiger partial charge in [0, 0.05) is 11.5 Å². The zero-order chi connectivity index (χ0) is 20.4. The fourth-order valence-electron chi connectivity index (χ4n) is 2.85. The first kappa shape index (κ1) is 22.6. The van der Waals surface area contributed by atoms with Crippen LogP contribution >= 0.6 is 0 Å². The highest BCUT2D eigenvalue weighted by atomic mass is 16.5. The van der Waals surface area contributed by atoms with Crippen LogP contribution in [0.1, 0.15) is 50.4 Å². The molecule has 0 aliphatic rings.